The first-order valence-corrected chi connectivity index (χ1v) is 11.3. The lowest BCUT2D eigenvalue weighted by molar-refractivity contribution is -0.0641. The van der Waals surface area contributed by atoms with Gasteiger partial charge in [-0.15, -0.1) is 0 Å². The number of benzene rings is 1. The summed E-state index contributed by atoms with van der Waals surface area (Å²) in [6.07, 6.45) is 6.47. The molecular formula is C24H30N2O3. The molecule has 7 rings (SSSR count). The van der Waals surface area contributed by atoms with Gasteiger partial charge in [-0.25, -0.2) is 0 Å². The summed E-state index contributed by atoms with van der Waals surface area (Å²) < 4.78 is 18.0. The number of anilines is 1. The lowest BCUT2D eigenvalue weighted by Crippen LogP contribution is -2.69. The highest BCUT2D eigenvalue weighted by Gasteiger charge is 2.70. The maximum Gasteiger partial charge on any atom is 0.162 e. The molecule has 29 heavy (non-hydrogen) atoms. The van der Waals surface area contributed by atoms with Crippen LogP contribution in [0.4, 0.5) is 5.69 Å². The maximum absolute atomic E-state index is 6.51. The van der Waals surface area contributed by atoms with E-state index in [-0.39, 0.29) is 5.41 Å². The second kappa shape index (κ2) is 5.50. The van der Waals surface area contributed by atoms with E-state index in [9.17, 15) is 0 Å². The molecule has 1 saturated carbocycles. The Hall–Kier alpha value is -1.72. The van der Waals surface area contributed by atoms with Crippen molar-refractivity contribution in [3.05, 3.63) is 29.3 Å². The zero-order chi connectivity index (χ0) is 19.5. The summed E-state index contributed by atoms with van der Waals surface area (Å²) in [5.74, 6) is 3.01. The fraction of sp³-hybridized carbons (Fsp3) is 0.667. The number of piperidine rings is 2. The third-order valence-corrected chi connectivity index (χ3v) is 9.26. The quantitative estimate of drug-likeness (QED) is 0.721. The van der Waals surface area contributed by atoms with Crippen LogP contribution in [0.3, 0.4) is 0 Å². The third-order valence-electron chi connectivity index (χ3n) is 9.26. The van der Waals surface area contributed by atoms with Crippen molar-refractivity contribution in [2.24, 2.45) is 11.8 Å². The van der Waals surface area contributed by atoms with E-state index in [0.29, 0.717) is 36.1 Å². The Morgan fingerprint density at radius 2 is 1.97 bits per heavy atom. The van der Waals surface area contributed by atoms with E-state index in [1.165, 1.54) is 30.6 Å². The molecule has 2 bridgehead atoms. The summed E-state index contributed by atoms with van der Waals surface area (Å²) in [6, 6.07) is 6.22. The fourth-order valence-corrected chi connectivity index (χ4v) is 8.35. The molecule has 4 fully saturated rings. The number of rotatable bonds is 2. The molecular weight excluding hydrogens is 364 g/mol. The Morgan fingerprint density at radius 1 is 1.14 bits per heavy atom. The largest absolute Gasteiger partial charge is 0.493 e. The molecule has 1 aromatic carbocycles. The van der Waals surface area contributed by atoms with Crippen LogP contribution in [0.2, 0.25) is 0 Å². The first kappa shape index (κ1) is 17.0. The summed E-state index contributed by atoms with van der Waals surface area (Å²) in [7, 11) is 3.51. The van der Waals surface area contributed by atoms with Crippen molar-refractivity contribution in [2.45, 2.75) is 55.8 Å². The number of ether oxygens (including phenoxy) is 3. The maximum atomic E-state index is 6.51. The molecule has 0 radical (unpaired) electrons. The monoisotopic (exact) mass is 394 g/mol. The van der Waals surface area contributed by atoms with Gasteiger partial charge < -0.3 is 19.1 Å². The van der Waals surface area contributed by atoms with Gasteiger partial charge >= 0.3 is 0 Å². The van der Waals surface area contributed by atoms with Gasteiger partial charge in [-0.05, 0) is 50.3 Å². The van der Waals surface area contributed by atoms with E-state index >= 15 is 0 Å². The minimum Gasteiger partial charge on any atom is -0.493 e. The molecule has 1 aromatic rings. The van der Waals surface area contributed by atoms with Crippen LogP contribution < -0.4 is 14.4 Å². The normalized spacial score (nSPS) is 43.6. The van der Waals surface area contributed by atoms with Crippen molar-refractivity contribution in [1.82, 2.24) is 4.90 Å². The Morgan fingerprint density at radius 3 is 2.79 bits per heavy atom. The van der Waals surface area contributed by atoms with Gasteiger partial charge in [0.15, 0.2) is 11.5 Å². The molecule has 0 aromatic heterocycles. The molecule has 5 aliphatic heterocycles. The molecule has 5 nitrogen and oxygen atoms in total. The highest BCUT2D eigenvalue weighted by Crippen LogP contribution is 2.67. The van der Waals surface area contributed by atoms with E-state index in [1.807, 2.05) is 0 Å². The molecule has 5 heteroatoms. The van der Waals surface area contributed by atoms with Crippen LogP contribution in [0.25, 0.3) is 0 Å². The standard InChI is InChI=1S/C24H30N2O3/c1-13-8-20-22-15-9-21-24(5-6-25(21)12-14(15)4-7-29-20)16-10-18(27-2)19(28-3)11-17(16)26(13)23(22)24/h4,10-11,13,15,20-23H,5-9,12H2,1-3H3/t13-,15-,20+,21-,22+,23-,24-/m1/s1. The topological polar surface area (TPSA) is 34.2 Å². The SMILES string of the molecule is COc1cc2c(cc1OC)[C@@]13CCN4CC5=CCO[C@H]6C[C@@H](C)N2[C@@H]1[C@H]6[C@@H]5C[C@@H]43. The van der Waals surface area contributed by atoms with Crippen LogP contribution in [-0.4, -0.2) is 63.0 Å². The second-order valence-corrected chi connectivity index (χ2v) is 10.0. The lowest BCUT2D eigenvalue weighted by atomic mass is 9.53. The molecule has 0 amide bonds. The summed E-state index contributed by atoms with van der Waals surface area (Å²) in [5.41, 5.74) is 4.75. The van der Waals surface area contributed by atoms with Crippen LogP contribution in [0.5, 0.6) is 11.5 Å². The van der Waals surface area contributed by atoms with Crippen LogP contribution in [0, 0.1) is 11.8 Å². The lowest BCUT2D eigenvalue weighted by Gasteiger charge is -2.60. The van der Waals surface area contributed by atoms with E-state index in [1.54, 1.807) is 19.8 Å². The van der Waals surface area contributed by atoms with Crippen LogP contribution in [0.1, 0.15) is 31.7 Å². The highest BCUT2D eigenvalue weighted by atomic mass is 16.5. The van der Waals surface area contributed by atoms with Crippen LogP contribution in [-0.2, 0) is 10.2 Å². The first-order valence-electron chi connectivity index (χ1n) is 11.3. The van der Waals surface area contributed by atoms with Crippen molar-refractivity contribution >= 4 is 5.69 Å². The Bertz CT molecular complexity index is 929. The molecule has 5 heterocycles. The molecule has 154 valence electrons. The number of fused-ring (bicyclic) bond motifs is 2. The van der Waals surface area contributed by atoms with Gasteiger partial charge in [0.1, 0.15) is 0 Å². The zero-order valence-corrected chi connectivity index (χ0v) is 17.6. The average molecular weight is 395 g/mol. The van der Waals surface area contributed by atoms with Crippen molar-refractivity contribution in [1.29, 1.82) is 0 Å². The van der Waals surface area contributed by atoms with Crippen molar-refractivity contribution in [3.63, 3.8) is 0 Å². The smallest absolute Gasteiger partial charge is 0.162 e. The predicted molar refractivity (Wildman–Crippen MR) is 111 cm³/mol. The van der Waals surface area contributed by atoms with E-state index in [4.69, 9.17) is 14.2 Å². The van der Waals surface area contributed by atoms with Crippen LogP contribution >= 0.6 is 0 Å². The van der Waals surface area contributed by atoms with Gasteiger partial charge in [0, 0.05) is 47.8 Å². The van der Waals surface area contributed by atoms with Gasteiger partial charge in [0.2, 0.25) is 0 Å². The van der Waals surface area contributed by atoms with Gasteiger partial charge in [-0.3, -0.25) is 4.90 Å². The Kier molecular flexibility index (Phi) is 3.22. The van der Waals surface area contributed by atoms with Gasteiger partial charge in [0.25, 0.3) is 0 Å². The molecule has 6 aliphatic rings. The van der Waals surface area contributed by atoms with Gasteiger partial charge in [-0.1, -0.05) is 11.6 Å². The molecule has 1 spiro atoms. The summed E-state index contributed by atoms with van der Waals surface area (Å²) in [4.78, 5) is 5.56. The van der Waals surface area contributed by atoms with Gasteiger partial charge in [-0.2, -0.15) is 0 Å². The van der Waals surface area contributed by atoms with E-state index < -0.39 is 0 Å². The van der Waals surface area contributed by atoms with Crippen molar-refractivity contribution in [2.75, 3.05) is 38.8 Å². The summed E-state index contributed by atoms with van der Waals surface area (Å²) >= 11 is 0. The Labute approximate surface area is 172 Å². The van der Waals surface area contributed by atoms with Crippen molar-refractivity contribution in [3.8, 4) is 11.5 Å². The molecule has 0 N–H and O–H groups in total. The average Bonchev–Trinajstić information content (AvgIpc) is 3.20. The van der Waals surface area contributed by atoms with Crippen molar-refractivity contribution < 1.29 is 14.2 Å². The summed E-state index contributed by atoms with van der Waals surface area (Å²) in [5, 5.41) is 0. The minimum atomic E-state index is 0.197. The fourth-order valence-electron chi connectivity index (χ4n) is 8.35. The summed E-state index contributed by atoms with van der Waals surface area (Å²) in [6.45, 7) is 5.55. The second-order valence-electron chi connectivity index (χ2n) is 10.0. The first-order chi connectivity index (χ1) is 14.2. The minimum absolute atomic E-state index is 0.197. The van der Waals surface area contributed by atoms with E-state index in [0.717, 1.165) is 31.1 Å². The zero-order valence-electron chi connectivity index (χ0n) is 17.6. The molecule has 1 aliphatic carbocycles. The number of hydrogen-bond donors (Lipinski definition) is 0. The van der Waals surface area contributed by atoms with Gasteiger partial charge in [0.05, 0.1) is 26.9 Å². The van der Waals surface area contributed by atoms with E-state index in [2.05, 4.69) is 34.9 Å². The molecule has 0 unspecified atom stereocenters. The highest BCUT2D eigenvalue weighted by molar-refractivity contribution is 5.73. The number of methoxy groups -OCH3 is 2. The number of hydrogen-bond acceptors (Lipinski definition) is 5. The number of nitrogens with zero attached hydrogens (tertiary/aromatic N) is 2. The Balaban J connectivity index is 1.51. The van der Waals surface area contributed by atoms with Crippen LogP contribution in [0.15, 0.2) is 23.8 Å². The predicted octanol–water partition coefficient (Wildman–Crippen LogP) is 2.97. The molecule has 7 atom stereocenters. The third kappa shape index (κ3) is 1.82. The molecule has 3 saturated heterocycles.